The van der Waals surface area contributed by atoms with Gasteiger partial charge in [-0.15, -0.1) is 0 Å². The molecule has 0 aromatic carbocycles. The van der Waals surface area contributed by atoms with Gasteiger partial charge in [0.05, 0.1) is 11.0 Å². The number of hydrogen-bond donors (Lipinski definition) is 2. The molecule has 0 aliphatic heterocycles. The molecule has 152 valence electrons. The minimum absolute atomic E-state index is 0.0393. The lowest BCUT2D eigenvalue weighted by Crippen LogP contribution is -2.36. The number of hydrogen-bond acceptors (Lipinski definition) is 4. The molecular formula is C17H19F5O4S. The van der Waals surface area contributed by atoms with Gasteiger partial charge in [-0.1, -0.05) is 18.7 Å². The van der Waals surface area contributed by atoms with E-state index in [4.69, 9.17) is 0 Å². The van der Waals surface area contributed by atoms with Gasteiger partial charge in [0.1, 0.15) is 6.10 Å². The van der Waals surface area contributed by atoms with Crippen LogP contribution in [-0.2, 0) is 9.84 Å². The number of aliphatic hydroxyl groups excluding tert-OH is 2. The molecule has 0 heterocycles. The predicted molar refractivity (Wildman–Crippen MR) is 88.4 cm³/mol. The summed E-state index contributed by atoms with van der Waals surface area (Å²) >= 11 is 0. The van der Waals surface area contributed by atoms with E-state index in [-0.39, 0.29) is 11.1 Å². The van der Waals surface area contributed by atoms with E-state index in [9.17, 15) is 40.6 Å². The molecule has 2 N–H and O–H groups in total. The Hall–Kier alpha value is -1.52. The van der Waals surface area contributed by atoms with E-state index in [1.807, 2.05) is 0 Å². The second kappa shape index (κ2) is 7.48. The Morgan fingerprint density at radius 1 is 1.19 bits per heavy atom. The molecule has 1 unspecified atom stereocenters. The summed E-state index contributed by atoms with van der Waals surface area (Å²) in [4.78, 5) is -1.36. The lowest BCUT2D eigenvalue weighted by Gasteiger charge is -2.25. The van der Waals surface area contributed by atoms with Crippen molar-refractivity contribution in [1.82, 2.24) is 0 Å². The Bertz CT molecular complexity index is 806. The summed E-state index contributed by atoms with van der Waals surface area (Å²) in [7, 11) is -5.90. The molecule has 0 bridgehead atoms. The van der Waals surface area contributed by atoms with Gasteiger partial charge < -0.3 is 10.2 Å². The van der Waals surface area contributed by atoms with Crippen LogP contribution in [0.25, 0.3) is 0 Å². The predicted octanol–water partition coefficient (Wildman–Crippen LogP) is 3.55. The van der Waals surface area contributed by atoms with Crippen molar-refractivity contribution >= 4 is 9.84 Å². The SMILES string of the molecule is C=C1CC(F)(F)[C@@H](O)C/C(S(=O)(=O)C(F)(F)F)=C\C=C1C1=CC(O)CCC1. The van der Waals surface area contributed by atoms with Crippen molar-refractivity contribution in [2.45, 2.75) is 55.7 Å². The monoisotopic (exact) mass is 414 g/mol. The minimum Gasteiger partial charge on any atom is -0.389 e. The average molecular weight is 414 g/mol. The van der Waals surface area contributed by atoms with E-state index >= 15 is 0 Å². The Balaban J connectivity index is 2.62. The first-order chi connectivity index (χ1) is 12.3. The van der Waals surface area contributed by atoms with Crippen molar-refractivity contribution in [2.24, 2.45) is 0 Å². The van der Waals surface area contributed by atoms with Crippen LogP contribution >= 0.6 is 0 Å². The van der Waals surface area contributed by atoms with Crippen LogP contribution in [0.5, 0.6) is 0 Å². The largest absolute Gasteiger partial charge is 0.501 e. The van der Waals surface area contributed by atoms with Gasteiger partial charge in [-0.2, -0.15) is 13.2 Å². The highest BCUT2D eigenvalue weighted by atomic mass is 32.2. The number of sulfone groups is 1. The maximum atomic E-state index is 14.2. The smallest absolute Gasteiger partial charge is 0.389 e. The van der Waals surface area contributed by atoms with Crippen LogP contribution in [-0.4, -0.2) is 42.3 Å². The quantitative estimate of drug-likeness (QED) is 0.678. The maximum Gasteiger partial charge on any atom is 0.501 e. The summed E-state index contributed by atoms with van der Waals surface area (Å²) in [5, 5.41) is 19.4. The Morgan fingerprint density at radius 2 is 1.81 bits per heavy atom. The van der Waals surface area contributed by atoms with Crippen LogP contribution in [0.3, 0.4) is 0 Å². The van der Waals surface area contributed by atoms with Gasteiger partial charge in [-0.3, -0.25) is 0 Å². The van der Waals surface area contributed by atoms with Crippen LogP contribution in [0.15, 0.2) is 46.4 Å². The highest BCUT2D eigenvalue weighted by Crippen LogP contribution is 2.40. The third-order valence-electron chi connectivity index (χ3n) is 4.48. The second-order valence-electron chi connectivity index (χ2n) is 6.58. The van der Waals surface area contributed by atoms with Crippen molar-refractivity contribution < 1.29 is 40.6 Å². The van der Waals surface area contributed by atoms with Gasteiger partial charge in [-0.05, 0) is 42.1 Å². The Morgan fingerprint density at radius 3 is 2.37 bits per heavy atom. The maximum absolute atomic E-state index is 14.2. The van der Waals surface area contributed by atoms with E-state index in [0.29, 0.717) is 30.9 Å². The molecule has 0 aromatic heterocycles. The van der Waals surface area contributed by atoms with Crippen LogP contribution in [0.4, 0.5) is 22.0 Å². The second-order valence-corrected chi connectivity index (χ2v) is 8.57. The summed E-state index contributed by atoms with van der Waals surface area (Å²) in [5.74, 6) is -3.88. The number of alkyl halides is 5. The molecule has 2 aliphatic carbocycles. The highest BCUT2D eigenvalue weighted by Gasteiger charge is 2.50. The first kappa shape index (κ1) is 21.8. The molecule has 0 aromatic rings. The van der Waals surface area contributed by atoms with Gasteiger partial charge in [0.2, 0.25) is 0 Å². The van der Waals surface area contributed by atoms with E-state index in [1.54, 1.807) is 0 Å². The van der Waals surface area contributed by atoms with Crippen molar-refractivity contribution in [3.05, 3.63) is 46.4 Å². The van der Waals surface area contributed by atoms with Crippen LogP contribution in [0.2, 0.25) is 0 Å². The molecule has 10 heteroatoms. The number of allylic oxidation sites excluding steroid dienone is 5. The highest BCUT2D eigenvalue weighted by molar-refractivity contribution is 7.96. The van der Waals surface area contributed by atoms with Gasteiger partial charge >= 0.3 is 5.51 Å². The fraction of sp³-hybridized carbons (Fsp3) is 0.529. The number of halogens is 5. The third kappa shape index (κ3) is 4.67. The fourth-order valence-electron chi connectivity index (χ4n) is 3.01. The molecule has 4 nitrogen and oxygen atoms in total. The average Bonchev–Trinajstić information content (AvgIpc) is 2.55. The number of rotatable bonds is 2. The molecular weight excluding hydrogens is 395 g/mol. The topological polar surface area (TPSA) is 74.6 Å². The van der Waals surface area contributed by atoms with Crippen LogP contribution < -0.4 is 0 Å². The van der Waals surface area contributed by atoms with Crippen LogP contribution in [0.1, 0.15) is 32.1 Å². The molecule has 27 heavy (non-hydrogen) atoms. The first-order valence-corrected chi connectivity index (χ1v) is 9.59. The summed E-state index contributed by atoms with van der Waals surface area (Å²) in [6.45, 7) is 3.52. The first-order valence-electron chi connectivity index (χ1n) is 8.11. The summed E-state index contributed by atoms with van der Waals surface area (Å²) in [6, 6.07) is 0. The van der Waals surface area contributed by atoms with Gasteiger partial charge in [0, 0.05) is 12.8 Å². The van der Waals surface area contributed by atoms with Gasteiger partial charge in [-0.25, -0.2) is 17.2 Å². The van der Waals surface area contributed by atoms with Crippen molar-refractivity contribution in [3.8, 4) is 0 Å². The molecule has 0 saturated heterocycles. The van der Waals surface area contributed by atoms with E-state index in [1.165, 1.54) is 6.08 Å². The molecule has 0 saturated carbocycles. The normalized spacial score (nSPS) is 29.6. The molecule has 0 spiro atoms. The lowest BCUT2D eigenvalue weighted by atomic mass is 9.86. The van der Waals surface area contributed by atoms with Crippen molar-refractivity contribution in [3.63, 3.8) is 0 Å². The zero-order valence-corrected chi connectivity index (χ0v) is 15.0. The summed E-state index contributed by atoms with van der Waals surface area (Å²) < 4.78 is 90.5. The van der Waals surface area contributed by atoms with E-state index in [0.717, 1.165) is 6.08 Å². The molecule has 0 fully saturated rings. The summed E-state index contributed by atoms with van der Waals surface area (Å²) in [5.41, 5.74) is -5.42. The van der Waals surface area contributed by atoms with E-state index in [2.05, 4.69) is 6.58 Å². The fourth-order valence-corrected chi connectivity index (χ4v) is 3.93. The molecule has 2 rings (SSSR count). The zero-order valence-electron chi connectivity index (χ0n) is 14.1. The lowest BCUT2D eigenvalue weighted by molar-refractivity contribution is -0.105. The Labute approximate surface area is 153 Å². The third-order valence-corrected chi connectivity index (χ3v) is 6.09. The zero-order chi connectivity index (χ0) is 20.6. The van der Waals surface area contributed by atoms with Crippen LogP contribution in [0, 0.1) is 0 Å². The van der Waals surface area contributed by atoms with Crippen molar-refractivity contribution in [2.75, 3.05) is 0 Å². The minimum atomic E-state index is -5.90. The molecule has 0 amide bonds. The van der Waals surface area contributed by atoms with E-state index < -0.39 is 51.2 Å². The van der Waals surface area contributed by atoms with Gasteiger partial charge in [0.25, 0.3) is 15.8 Å². The standard InChI is InChI=1S/C17H19F5O4S/c1-10-9-16(18,19)15(24)8-13(27(25,26)17(20,21)22)5-6-14(10)11-3-2-4-12(23)7-11/h5-7,12,15,23-24H,1-4,8-9H2/b13-5+,14-6?/t12?,15-/m0/s1. The molecule has 2 atom stereocenters. The molecule has 0 radical (unpaired) electrons. The Kier molecular flexibility index (Phi) is 6.03. The van der Waals surface area contributed by atoms with Crippen molar-refractivity contribution in [1.29, 1.82) is 0 Å². The van der Waals surface area contributed by atoms with Gasteiger partial charge in [0.15, 0.2) is 0 Å². The summed E-state index contributed by atoms with van der Waals surface area (Å²) in [6.07, 6.45) is -1.62. The molecule has 2 aliphatic rings. The number of aliphatic hydroxyl groups is 2.